The summed E-state index contributed by atoms with van der Waals surface area (Å²) in [4.78, 5) is 12.2. The molecule has 0 aliphatic rings. The SMILES string of the molecule is C=C(C(=O)NCCO)c1ccc(S)c(Cl)c1. The topological polar surface area (TPSA) is 49.3 Å². The summed E-state index contributed by atoms with van der Waals surface area (Å²) in [5.41, 5.74) is 0.946. The highest BCUT2D eigenvalue weighted by Gasteiger charge is 2.09. The summed E-state index contributed by atoms with van der Waals surface area (Å²) in [6, 6.07) is 5.05. The number of aliphatic hydroxyl groups is 1. The zero-order valence-electron chi connectivity index (χ0n) is 8.53. The summed E-state index contributed by atoms with van der Waals surface area (Å²) in [7, 11) is 0. The molecule has 0 spiro atoms. The van der Waals surface area contributed by atoms with Gasteiger partial charge in [0.2, 0.25) is 0 Å². The first-order chi connectivity index (χ1) is 7.56. The van der Waals surface area contributed by atoms with Crippen molar-refractivity contribution >= 4 is 35.7 Å². The van der Waals surface area contributed by atoms with E-state index in [9.17, 15) is 4.79 Å². The zero-order chi connectivity index (χ0) is 12.1. The van der Waals surface area contributed by atoms with Crippen molar-refractivity contribution in [3.63, 3.8) is 0 Å². The summed E-state index contributed by atoms with van der Waals surface area (Å²) in [6.07, 6.45) is 0. The molecule has 86 valence electrons. The van der Waals surface area contributed by atoms with Gasteiger partial charge < -0.3 is 10.4 Å². The van der Waals surface area contributed by atoms with Gasteiger partial charge >= 0.3 is 0 Å². The Labute approximate surface area is 105 Å². The summed E-state index contributed by atoms with van der Waals surface area (Å²) in [5.74, 6) is -0.322. The maximum absolute atomic E-state index is 11.5. The number of amides is 1. The number of thiol groups is 1. The first kappa shape index (κ1) is 13.1. The molecule has 16 heavy (non-hydrogen) atoms. The Hall–Kier alpha value is -0.970. The lowest BCUT2D eigenvalue weighted by Crippen LogP contribution is -2.26. The predicted octanol–water partition coefficient (Wildman–Crippen LogP) is 1.75. The molecule has 3 nitrogen and oxygen atoms in total. The molecule has 0 saturated carbocycles. The third-order valence-electron chi connectivity index (χ3n) is 1.97. The molecule has 1 aromatic carbocycles. The number of hydrogen-bond donors (Lipinski definition) is 3. The average molecular weight is 258 g/mol. The highest BCUT2D eigenvalue weighted by molar-refractivity contribution is 7.80. The van der Waals surface area contributed by atoms with Gasteiger partial charge in [-0.25, -0.2) is 0 Å². The van der Waals surface area contributed by atoms with Gasteiger partial charge in [-0.2, -0.15) is 0 Å². The summed E-state index contributed by atoms with van der Waals surface area (Å²) < 4.78 is 0. The van der Waals surface area contributed by atoms with Crippen LogP contribution >= 0.6 is 24.2 Å². The highest BCUT2D eigenvalue weighted by Crippen LogP contribution is 2.24. The van der Waals surface area contributed by atoms with Crippen molar-refractivity contribution in [1.29, 1.82) is 0 Å². The highest BCUT2D eigenvalue weighted by atomic mass is 35.5. The van der Waals surface area contributed by atoms with E-state index in [0.717, 1.165) is 0 Å². The van der Waals surface area contributed by atoms with Gasteiger partial charge in [0.05, 0.1) is 11.6 Å². The summed E-state index contributed by atoms with van der Waals surface area (Å²) >= 11 is 10.0. The number of carbonyl (C=O) groups excluding carboxylic acids is 1. The van der Waals surface area contributed by atoms with Crippen LogP contribution in [0.15, 0.2) is 29.7 Å². The molecule has 0 heterocycles. The zero-order valence-corrected chi connectivity index (χ0v) is 10.2. The van der Waals surface area contributed by atoms with Crippen molar-refractivity contribution in [2.45, 2.75) is 4.90 Å². The minimum Gasteiger partial charge on any atom is -0.395 e. The normalized spacial score (nSPS) is 9.94. The van der Waals surface area contributed by atoms with E-state index in [1.54, 1.807) is 18.2 Å². The quantitative estimate of drug-likeness (QED) is 0.569. The fourth-order valence-electron chi connectivity index (χ4n) is 1.10. The van der Waals surface area contributed by atoms with Crippen LogP contribution in [0.25, 0.3) is 5.57 Å². The molecular weight excluding hydrogens is 246 g/mol. The van der Waals surface area contributed by atoms with Gasteiger partial charge in [0.15, 0.2) is 0 Å². The van der Waals surface area contributed by atoms with Crippen LogP contribution in [0.2, 0.25) is 5.02 Å². The van der Waals surface area contributed by atoms with Crippen LogP contribution in [0.1, 0.15) is 5.56 Å². The first-order valence-electron chi connectivity index (χ1n) is 4.63. The lowest BCUT2D eigenvalue weighted by molar-refractivity contribution is -0.115. The minimum absolute atomic E-state index is 0.102. The van der Waals surface area contributed by atoms with E-state index in [0.29, 0.717) is 21.1 Å². The van der Waals surface area contributed by atoms with Crippen molar-refractivity contribution in [2.24, 2.45) is 0 Å². The van der Waals surface area contributed by atoms with E-state index in [2.05, 4.69) is 24.5 Å². The van der Waals surface area contributed by atoms with E-state index in [1.807, 2.05) is 0 Å². The number of aliphatic hydroxyl groups excluding tert-OH is 1. The van der Waals surface area contributed by atoms with Crippen LogP contribution in [-0.2, 0) is 4.79 Å². The second kappa shape index (κ2) is 5.94. The molecule has 1 rings (SSSR count). The molecule has 0 aliphatic heterocycles. The number of nitrogens with one attached hydrogen (secondary N) is 1. The molecule has 0 unspecified atom stereocenters. The molecule has 1 amide bonds. The Morgan fingerprint density at radius 1 is 1.56 bits per heavy atom. The van der Waals surface area contributed by atoms with Crippen molar-refractivity contribution in [3.8, 4) is 0 Å². The number of halogens is 1. The van der Waals surface area contributed by atoms with Crippen LogP contribution in [-0.4, -0.2) is 24.2 Å². The Kier molecular flexibility index (Phi) is 4.86. The molecular formula is C11H12ClNO2S. The predicted molar refractivity (Wildman–Crippen MR) is 67.8 cm³/mol. The van der Waals surface area contributed by atoms with Gasteiger partial charge in [0.1, 0.15) is 0 Å². The van der Waals surface area contributed by atoms with E-state index < -0.39 is 0 Å². The van der Waals surface area contributed by atoms with Crippen LogP contribution in [0.5, 0.6) is 0 Å². The first-order valence-corrected chi connectivity index (χ1v) is 5.45. The largest absolute Gasteiger partial charge is 0.395 e. The maximum Gasteiger partial charge on any atom is 0.251 e. The molecule has 1 aromatic rings. The fraction of sp³-hybridized carbons (Fsp3) is 0.182. The Bertz CT molecular complexity index is 420. The number of hydrogen-bond acceptors (Lipinski definition) is 3. The number of benzene rings is 1. The maximum atomic E-state index is 11.5. The molecule has 0 radical (unpaired) electrons. The second-order valence-electron chi connectivity index (χ2n) is 3.12. The van der Waals surface area contributed by atoms with Crippen LogP contribution in [0, 0.1) is 0 Å². The lowest BCUT2D eigenvalue weighted by Gasteiger charge is -2.07. The third kappa shape index (κ3) is 3.27. The molecule has 0 atom stereocenters. The van der Waals surface area contributed by atoms with Crippen molar-refractivity contribution in [2.75, 3.05) is 13.2 Å². The van der Waals surface area contributed by atoms with E-state index >= 15 is 0 Å². The Balaban J connectivity index is 2.80. The smallest absolute Gasteiger partial charge is 0.251 e. The van der Waals surface area contributed by atoms with Crippen molar-refractivity contribution < 1.29 is 9.90 Å². The van der Waals surface area contributed by atoms with Gasteiger partial charge in [-0.1, -0.05) is 24.2 Å². The molecule has 0 aromatic heterocycles. The van der Waals surface area contributed by atoms with Crippen LogP contribution < -0.4 is 5.32 Å². The Morgan fingerprint density at radius 3 is 2.81 bits per heavy atom. The number of rotatable bonds is 4. The van der Waals surface area contributed by atoms with Crippen molar-refractivity contribution in [1.82, 2.24) is 5.32 Å². The van der Waals surface area contributed by atoms with Gasteiger partial charge in [0.25, 0.3) is 5.91 Å². The molecule has 0 bridgehead atoms. The standard InChI is InChI=1S/C11H12ClNO2S/c1-7(11(15)13-4-5-14)8-2-3-10(16)9(12)6-8/h2-3,6,14,16H,1,4-5H2,(H,13,15). The molecule has 2 N–H and O–H groups in total. The second-order valence-corrected chi connectivity index (χ2v) is 4.01. The van der Waals surface area contributed by atoms with E-state index in [4.69, 9.17) is 16.7 Å². The molecule has 5 heteroatoms. The van der Waals surface area contributed by atoms with Crippen LogP contribution in [0.3, 0.4) is 0 Å². The van der Waals surface area contributed by atoms with Gasteiger partial charge in [-0.15, -0.1) is 12.6 Å². The van der Waals surface area contributed by atoms with E-state index in [1.165, 1.54) is 0 Å². The van der Waals surface area contributed by atoms with Gasteiger partial charge in [-0.05, 0) is 17.7 Å². The lowest BCUT2D eigenvalue weighted by atomic mass is 10.1. The summed E-state index contributed by atoms with van der Waals surface area (Å²) in [5, 5.41) is 11.6. The Morgan fingerprint density at radius 2 is 2.25 bits per heavy atom. The monoisotopic (exact) mass is 257 g/mol. The van der Waals surface area contributed by atoms with E-state index in [-0.39, 0.29) is 19.1 Å². The number of carbonyl (C=O) groups is 1. The molecule has 0 aliphatic carbocycles. The summed E-state index contributed by atoms with van der Waals surface area (Å²) in [6.45, 7) is 3.77. The van der Waals surface area contributed by atoms with Gasteiger partial charge in [-0.3, -0.25) is 4.79 Å². The van der Waals surface area contributed by atoms with Crippen molar-refractivity contribution in [3.05, 3.63) is 35.4 Å². The van der Waals surface area contributed by atoms with Crippen LogP contribution in [0.4, 0.5) is 0 Å². The molecule has 0 fully saturated rings. The van der Waals surface area contributed by atoms with Gasteiger partial charge in [0, 0.05) is 17.0 Å². The minimum atomic E-state index is -0.322. The average Bonchev–Trinajstić information content (AvgIpc) is 2.28. The molecule has 0 saturated heterocycles. The third-order valence-corrected chi connectivity index (χ3v) is 2.80. The fourth-order valence-corrected chi connectivity index (χ4v) is 1.42.